The van der Waals surface area contributed by atoms with Crippen molar-refractivity contribution in [1.29, 1.82) is 0 Å². The average Bonchev–Trinajstić information content (AvgIpc) is 3.11. The van der Waals surface area contributed by atoms with Crippen LogP contribution in [-0.4, -0.2) is 49.3 Å². The molecule has 10 heteroatoms. The number of phosphoric ester groups is 1. The normalized spacial score (nSPS) is 13.4. The van der Waals surface area contributed by atoms with Crippen LogP contribution >= 0.6 is 7.82 Å². The Labute approximate surface area is 313 Å². The molecule has 0 amide bonds. The maximum absolute atomic E-state index is 12.6. The van der Waals surface area contributed by atoms with Gasteiger partial charge in [0.1, 0.15) is 6.61 Å². The second kappa shape index (κ2) is 38.5. The number of carbonyl (C=O) groups excluding carboxylic acids is 2. The Balaban J connectivity index is 4.14. The van der Waals surface area contributed by atoms with Gasteiger partial charge in [-0.05, 0) is 38.5 Å². The monoisotopic (exact) mass is 746 g/mol. The minimum absolute atomic E-state index is 0.0557. The predicted octanol–water partition coefficient (Wildman–Crippen LogP) is 11.8. The number of allylic oxidation sites excluding steroid dienone is 2. The molecule has 0 aliphatic rings. The number of hydrogen-bond donors (Lipinski definition) is 2. The number of ether oxygens (including phenoxy) is 2. The van der Waals surface area contributed by atoms with Gasteiger partial charge in [-0.2, -0.15) is 0 Å². The van der Waals surface area contributed by atoms with Crippen LogP contribution in [0.4, 0.5) is 0 Å². The van der Waals surface area contributed by atoms with Crippen molar-refractivity contribution in [3.05, 3.63) is 12.2 Å². The van der Waals surface area contributed by atoms with Crippen molar-refractivity contribution in [2.75, 3.05) is 26.4 Å². The lowest BCUT2D eigenvalue weighted by molar-refractivity contribution is -0.161. The summed E-state index contributed by atoms with van der Waals surface area (Å²) in [5.74, 6) is -0.824. The Morgan fingerprint density at radius 2 is 0.961 bits per heavy atom. The van der Waals surface area contributed by atoms with Crippen LogP contribution in [0, 0.1) is 0 Å². The first-order valence-corrected chi connectivity index (χ1v) is 22.7. The van der Waals surface area contributed by atoms with Crippen molar-refractivity contribution < 1.29 is 37.6 Å². The van der Waals surface area contributed by atoms with E-state index in [4.69, 9.17) is 24.3 Å². The number of phosphoric acid groups is 1. The second-order valence-corrected chi connectivity index (χ2v) is 15.7. The largest absolute Gasteiger partial charge is 0.472 e. The Morgan fingerprint density at radius 3 is 1.41 bits per heavy atom. The van der Waals surface area contributed by atoms with Crippen molar-refractivity contribution in [1.82, 2.24) is 0 Å². The average molecular weight is 746 g/mol. The highest BCUT2D eigenvalue weighted by Crippen LogP contribution is 2.43. The lowest BCUT2D eigenvalue weighted by Gasteiger charge is -2.19. The molecule has 0 fully saturated rings. The Bertz CT molecular complexity index is 856. The van der Waals surface area contributed by atoms with Crippen molar-refractivity contribution in [2.24, 2.45) is 5.73 Å². The van der Waals surface area contributed by atoms with Gasteiger partial charge >= 0.3 is 19.8 Å². The fourth-order valence-corrected chi connectivity index (χ4v) is 6.75. The molecule has 0 rings (SSSR count). The van der Waals surface area contributed by atoms with Gasteiger partial charge in [0.25, 0.3) is 0 Å². The number of hydrogen-bond acceptors (Lipinski definition) is 8. The van der Waals surface area contributed by atoms with E-state index in [1.165, 1.54) is 128 Å². The fourth-order valence-electron chi connectivity index (χ4n) is 5.98. The molecule has 0 aromatic carbocycles. The van der Waals surface area contributed by atoms with E-state index < -0.39 is 26.5 Å². The zero-order chi connectivity index (χ0) is 37.5. The van der Waals surface area contributed by atoms with Gasteiger partial charge in [0.15, 0.2) is 6.10 Å². The third kappa shape index (κ3) is 38.3. The molecule has 0 aliphatic heterocycles. The summed E-state index contributed by atoms with van der Waals surface area (Å²) in [6.07, 6.45) is 38.0. The summed E-state index contributed by atoms with van der Waals surface area (Å²) in [5, 5.41) is 0. The third-order valence-electron chi connectivity index (χ3n) is 9.15. The quantitative estimate of drug-likeness (QED) is 0.0272. The van der Waals surface area contributed by atoms with Gasteiger partial charge in [-0.3, -0.25) is 18.6 Å². The summed E-state index contributed by atoms with van der Waals surface area (Å²) < 4.78 is 32.7. The maximum atomic E-state index is 12.6. The number of esters is 2. The van der Waals surface area contributed by atoms with Gasteiger partial charge in [-0.25, -0.2) is 4.57 Å². The first-order chi connectivity index (χ1) is 24.8. The molecule has 9 nitrogen and oxygen atoms in total. The number of unbranched alkanes of at least 4 members (excludes halogenated alkanes) is 25. The van der Waals surface area contributed by atoms with Crippen molar-refractivity contribution in [2.45, 2.75) is 213 Å². The molecule has 302 valence electrons. The van der Waals surface area contributed by atoms with E-state index in [0.717, 1.165) is 44.9 Å². The van der Waals surface area contributed by atoms with Crippen LogP contribution in [-0.2, 0) is 32.7 Å². The number of carbonyl (C=O) groups is 2. The van der Waals surface area contributed by atoms with Crippen LogP contribution in [0.1, 0.15) is 206 Å². The van der Waals surface area contributed by atoms with Crippen LogP contribution in [0.5, 0.6) is 0 Å². The molecule has 0 aromatic heterocycles. The van der Waals surface area contributed by atoms with Gasteiger partial charge < -0.3 is 20.1 Å². The molecule has 0 aliphatic carbocycles. The van der Waals surface area contributed by atoms with Crippen LogP contribution in [0.25, 0.3) is 0 Å². The lowest BCUT2D eigenvalue weighted by Crippen LogP contribution is -2.29. The third-order valence-corrected chi connectivity index (χ3v) is 10.1. The van der Waals surface area contributed by atoms with Crippen LogP contribution in [0.3, 0.4) is 0 Å². The van der Waals surface area contributed by atoms with E-state index in [1.54, 1.807) is 0 Å². The Kier molecular flexibility index (Phi) is 37.5. The molecule has 0 bridgehead atoms. The zero-order valence-corrected chi connectivity index (χ0v) is 34.0. The number of nitrogens with two attached hydrogens (primary N) is 1. The molecular weight excluding hydrogens is 665 g/mol. The minimum Gasteiger partial charge on any atom is -0.462 e. The van der Waals surface area contributed by atoms with E-state index in [-0.39, 0.29) is 38.6 Å². The van der Waals surface area contributed by atoms with Crippen molar-refractivity contribution >= 4 is 19.8 Å². The van der Waals surface area contributed by atoms with Crippen molar-refractivity contribution in [3.63, 3.8) is 0 Å². The summed E-state index contributed by atoms with van der Waals surface area (Å²) in [7, 11) is -4.37. The van der Waals surface area contributed by atoms with Crippen LogP contribution in [0.15, 0.2) is 12.2 Å². The van der Waals surface area contributed by atoms with Crippen LogP contribution < -0.4 is 5.73 Å². The van der Waals surface area contributed by atoms with Gasteiger partial charge in [0, 0.05) is 19.4 Å². The summed E-state index contributed by atoms with van der Waals surface area (Å²) in [6.45, 7) is 3.74. The van der Waals surface area contributed by atoms with Gasteiger partial charge in [-0.1, -0.05) is 167 Å². The van der Waals surface area contributed by atoms with E-state index >= 15 is 0 Å². The molecule has 0 saturated heterocycles. The van der Waals surface area contributed by atoms with E-state index in [9.17, 15) is 19.0 Å². The summed E-state index contributed by atoms with van der Waals surface area (Å²) in [4.78, 5) is 34.8. The highest BCUT2D eigenvalue weighted by Gasteiger charge is 2.26. The summed E-state index contributed by atoms with van der Waals surface area (Å²) in [6, 6.07) is 0. The Hall–Kier alpha value is -1.25. The first kappa shape index (κ1) is 49.8. The molecule has 0 aromatic rings. The molecule has 0 saturated carbocycles. The topological polar surface area (TPSA) is 134 Å². The molecule has 2 atom stereocenters. The van der Waals surface area contributed by atoms with E-state index in [2.05, 4.69) is 26.0 Å². The number of rotatable bonds is 40. The Morgan fingerprint density at radius 1 is 0.569 bits per heavy atom. The molecule has 0 spiro atoms. The second-order valence-electron chi connectivity index (χ2n) is 14.2. The highest BCUT2D eigenvalue weighted by molar-refractivity contribution is 7.47. The molecule has 2 unspecified atom stereocenters. The summed E-state index contributed by atoms with van der Waals surface area (Å²) >= 11 is 0. The van der Waals surface area contributed by atoms with E-state index in [0.29, 0.717) is 6.42 Å². The fraction of sp³-hybridized carbons (Fsp3) is 0.902. The smallest absolute Gasteiger partial charge is 0.462 e. The van der Waals surface area contributed by atoms with E-state index in [1.807, 2.05) is 0 Å². The van der Waals surface area contributed by atoms with Gasteiger partial charge in [0.05, 0.1) is 13.2 Å². The molecule has 0 heterocycles. The SMILES string of the molecule is CCCCCCC=CCCCCCCCCCC(=O)OCC(COP(=O)(O)OCCN)OC(=O)CCCCCCCCCCCCCCCCC. The van der Waals surface area contributed by atoms with Gasteiger partial charge in [-0.15, -0.1) is 0 Å². The zero-order valence-electron chi connectivity index (χ0n) is 33.1. The summed E-state index contributed by atoms with van der Waals surface area (Å²) in [5.41, 5.74) is 5.34. The van der Waals surface area contributed by atoms with Crippen molar-refractivity contribution in [3.8, 4) is 0 Å². The molecule has 3 N–H and O–H groups in total. The standard InChI is InChI=1S/C41H80NO8P/c1-3-5-7-9-11-13-15-17-19-21-23-25-27-29-31-33-40(43)47-37-39(38-49-51(45,46)48-36-35-42)50-41(44)34-32-30-28-26-24-22-20-18-16-14-12-10-8-6-4-2/h13,15,39H,3-12,14,16-38,42H2,1-2H3,(H,45,46). The molecule has 51 heavy (non-hydrogen) atoms. The predicted molar refractivity (Wildman–Crippen MR) is 211 cm³/mol. The lowest BCUT2D eigenvalue weighted by atomic mass is 10.0. The first-order valence-electron chi connectivity index (χ1n) is 21.2. The molecule has 0 radical (unpaired) electrons. The molecular formula is C41H80NO8P. The maximum Gasteiger partial charge on any atom is 0.472 e. The van der Waals surface area contributed by atoms with Crippen LogP contribution in [0.2, 0.25) is 0 Å². The highest BCUT2D eigenvalue weighted by atomic mass is 31.2. The minimum atomic E-state index is -4.37. The van der Waals surface area contributed by atoms with Gasteiger partial charge in [0.2, 0.25) is 0 Å².